The molecule has 58 valence electrons. The van der Waals surface area contributed by atoms with Crippen LogP contribution >= 0.6 is 19.4 Å². The monoisotopic (exact) mass is 302 g/mol. The van der Waals surface area contributed by atoms with Gasteiger partial charge in [-0.2, -0.15) is 0 Å². The first kappa shape index (κ1) is 15.3. The molecule has 1 aromatic carbocycles. The van der Waals surface area contributed by atoms with Crippen LogP contribution < -0.4 is 0 Å². The van der Waals surface area contributed by atoms with E-state index in [1.807, 2.05) is 24.3 Å². The van der Waals surface area contributed by atoms with E-state index in [2.05, 4.69) is 13.8 Å². The first-order valence-electron chi connectivity index (χ1n) is 3.06. The van der Waals surface area contributed by atoms with Gasteiger partial charge < -0.3 is 0 Å². The Hall–Kier alpha value is 0.787. The quantitative estimate of drug-likeness (QED) is 0.509. The molecule has 12 heavy (non-hydrogen) atoms. The molecule has 1 aromatic rings. The summed E-state index contributed by atoms with van der Waals surface area (Å²) < 4.78 is 0. The van der Waals surface area contributed by atoms with Crippen molar-refractivity contribution < 1.29 is 34.6 Å². The summed E-state index contributed by atoms with van der Waals surface area (Å²) in [6.07, 6.45) is 0. The molecule has 0 amide bonds. The number of hydrogen-bond acceptors (Lipinski definition) is 0. The van der Waals surface area contributed by atoms with Crippen LogP contribution in [0.2, 0.25) is 0 Å². The minimum atomic E-state index is 0.847. The molecule has 0 unspecified atom stereocenters. The van der Waals surface area contributed by atoms with Crippen LogP contribution in [0, 0.1) is 13.8 Å². The van der Waals surface area contributed by atoms with Gasteiger partial charge in [0.25, 0.3) is 0 Å². The molecule has 0 fully saturated rings. The Morgan fingerprint density at radius 1 is 0.750 bits per heavy atom. The Morgan fingerprint density at radius 2 is 0.917 bits per heavy atom. The maximum atomic E-state index is 4.76. The van der Waals surface area contributed by atoms with Crippen molar-refractivity contribution in [2.24, 2.45) is 0 Å². The van der Waals surface area contributed by atoms with Crippen LogP contribution in [0.5, 0.6) is 0 Å². The van der Waals surface area contributed by atoms with Gasteiger partial charge in [0.2, 0.25) is 0 Å². The van der Waals surface area contributed by atoms with E-state index in [0.717, 1.165) is 45.8 Å². The van der Waals surface area contributed by atoms with Crippen LogP contribution in [0.25, 0.3) is 0 Å². The van der Waals surface area contributed by atoms with Crippen molar-refractivity contribution in [2.75, 3.05) is 0 Å². The topological polar surface area (TPSA) is 0 Å². The molecule has 0 radical (unpaired) electrons. The van der Waals surface area contributed by atoms with Gasteiger partial charge in [-0.05, 0) is 0 Å². The summed E-state index contributed by atoms with van der Waals surface area (Å²) in [4.78, 5) is 0. The van der Waals surface area contributed by atoms with Gasteiger partial charge in [-0.15, -0.1) is 0 Å². The molecule has 0 saturated heterocycles. The van der Waals surface area contributed by atoms with E-state index in [1.54, 1.807) is 0 Å². The molecule has 1 rings (SSSR count). The van der Waals surface area contributed by atoms with Crippen LogP contribution in [0.15, 0.2) is 24.3 Å². The van der Waals surface area contributed by atoms with Crippen LogP contribution in [0.4, 0.5) is 0 Å². The molecule has 0 N–H and O–H groups in total. The van der Waals surface area contributed by atoms with Gasteiger partial charge in [0.05, 0.1) is 0 Å². The summed E-state index contributed by atoms with van der Waals surface area (Å²) in [7, 11) is 9.53. The predicted octanol–water partition coefficient (Wildman–Crippen LogP) is 3.42. The zero-order valence-electron chi connectivity index (χ0n) is 6.89. The average molecular weight is 306 g/mol. The predicted molar refractivity (Wildman–Crippen MR) is 47.1 cm³/mol. The van der Waals surface area contributed by atoms with E-state index in [0.29, 0.717) is 0 Å². The Bertz CT molecular complexity index is 154. The van der Waals surface area contributed by atoms with Gasteiger partial charge in [0.15, 0.2) is 0 Å². The van der Waals surface area contributed by atoms with Gasteiger partial charge >= 0.3 is 54.0 Å². The SMILES string of the molecule is [CH2-]c1ccc([CH2-])cc1.[Cl][Zn+].[Cl][Zn+]. The van der Waals surface area contributed by atoms with Crippen LogP contribution in [-0.4, -0.2) is 0 Å². The first-order chi connectivity index (χ1) is 5.79. The van der Waals surface area contributed by atoms with Gasteiger partial charge in [0.1, 0.15) is 0 Å². The molecule has 0 nitrogen and oxygen atoms in total. The van der Waals surface area contributed by atoms with E-state index in [1.165, 1.54) is 0 Å². The summed E-state index contributed by atoms with van der Waals surface area (Å²) in [5.74, 6) is 0. The Balaban J connectivity index is 0. The fraction of sp³-hybridized carbons (Fsp3) is 0. The van der Waals surface area contributed by atoms with Crippen molar-refractivity contribution in [3.8, 4) is 0 Å². The second kappa shape index (κ2) is 11.8. The molecule has 0 heterocycles. The van der Waals surface area contributed by atoms with Gasteiger partial charge in [-0.25, -0.2) is 49.2 Å². The zero-order valence-corrected chi connectivity index (χ0v) is 14.3. The number of hydrogen-bond donors (Lipinski definition) is 0. The van der Waals surface area contributed by atoms with Gasteiger partial charge in [-0.1, -0.05) is 0 Å². The molecule has 0 aliphatic carbocycles. The molecule has 0 atom stereocenters. The molecule has 0 saturated carbocycles. The van der Waals surface area contributed by atoms with E-state index in [9.17, 15) is 0 Å². The molecule has 0 aromatic heterocycles. The summed E-state index contributed by atoms with van der Waals surface area (Å²) in [5, 5.41) is 0. The second-order valence-electron chi connectivity index (χ2n) is 1.82. The maximum absolute atomic E-state index is 4.76. The number of benzene rings is 1. The minimum absolute atomic E-state index is 0.847. The normalized spacial score (nSPS) is 7.17. The average Bonchev–Trinajstić information content (AvgIpc) is 2.17. The Morgan fingerprint density at radius 3 is 1.08 bits per heavy atom. The molecule has 0 bridgehead atoms. The molecule has 0 spiro atoms. The second-order valence-corrected chi connectivity index (χ2v) is 1.82. The zero-order chi connectivity index (χ0) is 9.98. The third-order valence-corrected chi connectivity index (χ3v) is 1.02. The van der Waals surface area contributed by atoms with Crippen LogP contribution in [0.1, 0.15) is 11.1 Å². The van der Waals surface area contributed by atoms with Crippen molar-refractivity contribution >= 4 is 19.4 Å². The summed E-state index contributed by atoms with van der Waals surface area (Å²) >= 11 is 1.69. The summed E-state index contributed by atoms with van der Waals surface area (Å²) in [5.41, 5.74) is 2.08. The van der Waals surface area contributed by atoms with E-state index in [4.69, 9.17) is 19.4 Å². The Labute approximate surface area is 102 Å². The molecular formula is C8H8Cl2Zn2. The standard InChI is InChI=1S/C8H8.2ClH.2Zn/c1-7-3-5-8(2)6-4-7;;;;/h3-6H,1-2H2;2*1H;;/q-2;;;2*+2/p-2. The van der Waals surface area contributed by atoms with Gasteiger partial charge in [0, 0.05) is 0 Å². The van der Waals surface area contributed by atoms with E-state index < -0.39 is 0 Å². The van der Waals surface area contributed by atoms with Crippen molar-refractivity contribution in [2.45, 2.75) is 0 Å². The van der Waals surface area contributed by atoms with Crippen LogP contribution in [-0.2, 0) is 34.6 Å². The third-order valence-electron chi connectivity index (χ3n) is 1.02. The summed E-state index contributed by atoms with van der Waals surface area (Å²) in [6.45, 7) is 7.47. The van der Waals surface area contributed by atoms with Crippen molar-refractivity contribution in [1.29, 1.82) is 0 Å². The van der Waals surface area contributed by atoms with E-state index in [-0.39, 0.29) is 0 Å². The van der Waals surface area contributed by atoms with Crippen LogP contribution in [0.3, 0.4) is 0 Å². The Kier molecular flexibility index (Phi) is 15.0. The van der Waals surface area contributed by atoms with E-state index >= 15 is 0 Å². The summed E-state index contributed by atoms with van der Waals surface area (Å²) in [6, 6.07) is 7.79. The third kappa shape index (κ3) is 8.88. The molecule has 0 aliphatic rings. The van der Waals surface area contributed by atoms with Crippen molar-refractivity contribution in [3.63, 3.8) is 0 Å². The molecule has 4 heteroatoms. The van der Waals surface area contributed by atoms with Crippen molar-refractivity contribution in [3.05, 3.63) is 49.2 Å². The fourth-order valence-electron chi connectivity index (χ4n) is 0.539. The fourth-order valence-corrected chi connectivity index (χ4v) is 0.539. The molecular weight excluding hydrogens is 298 g/mol. The van der Waals surface area contributed by atoms with Gasteiger partial charge in [-0.3, -0.25) is 0 Å². The molecule has 0 aliphatic heterocycles. The van der Waals surface area contributed by atoms with Crippen molar-refractivity contribution in [1.82, 2.24) is 0 Å². The number of halogens is 2. The number of rotatable bonds is 0. The first-order valence-corrected chi connectivity index (χ1v) is 10.9.